The van der Waals surface area contributed by atoms with Gasteiger partial charge in [-0.05, 0) is 12.1 Å². The molecule has 1 aliphatic rings. The quantitative estimate of drug-likeness (QED) is 0.757. The fraction of sp³-hybridized carbons (Fsp3) is 0.500. The first-order valence-electron chi connectivity index (χ1n) is 6.08. The van der Waals surface area contributed by atoms with Gasteiger partial charge < -0.3 is 15.7 Å². The van der Waals surface area contributed by atoms with E-state index in [4.69, 9.17) is 0 Å². The Morgan fingerprint density at radius 3 is 2.50 bits per heavy atom. The first-order valence-corrected chi connectivity index (χ1v) is 6.08. The van der Waals surface area contributed by atoms with Crippen LogP contribution in [0.2, 0.25) is 0 Å². The molecule has 22 heavy (non-hydrogen) atoms. The molecule has 1 saturated heterocycles. The number of nitrogens with one attached hydrogen (secondary N) is 2. The zero-order chi connectivity index (χ0) is 14.8. The third kappa shape index (κ3) is 5.28. The second-order valence-electron chi connectivity index (χ2n) is 4.63. The van der Waals surface area contributed by atoms with E-state index in [9.17, 15) is 23.1 Å². The van der Waals surface area contributed by atoms with Crippen LogP contribution in [-0.4, -0.2) is 41.7 Å². The van der Waals surface area contributed by atoms with E-state index in [-0.39, 0.29) is 42.8 Å². The third-order valence-electron chi connectivity index (χ3n) is 3.15. The van der Waals surface area contributed by atoms with Crippen LogP contribution < -0.4 is 10.6 Å². The summed E-state index contributed by atoms with van der Waals surface area (Å²) < 4.78 is 37.0. The Morgan fingerprint density at radius 2 is 2.05 bits per heavy atom. The van der Waals surface area contributed by atoms with E-state index in [0.29, 0.717) is 13.1 Å². The first kappa shape index (κ1) is 20.9. The molecular formula is C12H16Cl2F3N3O2. The van der Waals surface area contributed by atoms with Crippen LogP contribution >= 0.6 is 24.8 Å². The van der Waals surface area contributed by atoms with Crippen LogP contribution in [0.5, 0.6) is 0 Å². The number of carbonyl (C=O) groups excluding carboxylic acids is 1. The highest BCUT2D eigenvalue weighted by atomic mass is 35.5. The highest BCUT2D eigenvalue weighted by molar-refractivity contribution is 5.93. The van der Waals surface area contributed by atoms with Gasteiger partial charge in [0, 0.05) is 31.7 Å². The third-order valence-corrected chi connectivity index (χ3v) is 3.15. The van der Waals surface area contributed by atoms with Crippen LogP contribution in [0.15, 0.2) is 18.3 Å². The van der Waals surface area contributed by atoms with Crippen LogP contribution in [0, 0.1) is 5.92 Å². The lowest BCUT2D eigenvalue weighted by Crippen LogP contribution is -2.34. The molecule has 2 atom stereocenters. The number of pyridine rings is 1. The zero-order valence-corrected chi connectivity index (χ0v) is 12.9. The molecule has 1 aliphatic heterocycles. The van der Waals surface area contributed by atoms with E-state index in [0.717, 1.165) is 18.3 Å². The van der Waals surface area contributed by atoms with Crippen LogP contribution in [0.1, 0.15) is 16.1 Å². The molecule has 1 fully saturated rings. The summed E-state index contributed by atoms with van der Waals surface area (Å²) >= 11 is 0. The minimum absolute atomic E-state index is 0. The van der Waals surface area contributed by atoms with E-state index < -0.39 is 23.9 Å². The maximum atomic E-state index is 12.3. The Balaban J connectivity index is 0.00000220. The van der Waals surface area contributed by atoms with Gasteiger partial charge in [0.2, 0.25) is 0 Å². The lowest BCUT2D eigenvalue weighted by molar-refractivity contribution is -0.141. The van der Waals surface area contributed by atoms with Crippen molar-refractivity contribution in [3.63, 3.8) is 0 Å². The van der Waals surface area contributed by atoms with Gasteiger partial charge in [-0.2, -0.15) is 13.2 Å². The molecule has 1 aromatic rings. The van der Waals surface area contributed by atoms with Crippen molar-refractivity contribution in [3.8, 4) is 0 Å². The largest absolute Gasteiger partial charge is 0.433 e. The molecule has 2 unspecified atom stereocenters. The van der Waals surface area contributed by atoms with Crippen molar-refractivity contribution in [1.29, 1.82) is 0 Å². The van der Waals surface area contributed by atoms with Crippen LogP contribution in [-0.2, 0) is 6.18 Å². The summed E-state index contributed by atoms with van der Waals surface area (Å²) in [6, 6.07) is 1.84. The number of carbonyl (C=O) groups is 1. The van der Waals surface area contributed by atoms with Gasteiger partial charge in [0.1, 0.15) is 5.69 Å². The topological polar surface area (TPSA) is 74.2 Å². The van der Waals surface area contributed by atoms with Gasteiger partial charge in [-0.3, -0.25) is 9.78 Å². The lowest BCUT2D eigenvalue weighted by Gasteiger charge is -2.14. The number of aliphatic hydroxyl groups excluding tert-OH is 1. The predicted molar refractivity (Wildman–Crippen MR) is 78.4 cm³/mol. The van der Waals surface area contributed by atoms with Gasteiger partial charge >= 0.3 is 6.18 Å². The van der Waals surface area contributed by atoms with E-state index in [1.165, 1.54) is 0 Å². The summed E-state index contributed by atoms with van der Waals surface area (Å²) in [6.07, 6.45) is -4.16. The van der Waals surface area contributed by atoms with Crippen molar-refractivity contribution in [2.24, 2.45) is 5.92 Å². The highest BCUT2D eigenvalue weighted by Gasteiger charge is 2.32. The standard InChI is InChI=1S/C12H14F3N3O2.2ClH/c13-12(14,15)10-2-1-7(4-17-10)11(20)18-5-8-3-16-6-9(8)19;;/h1-2,4,8-9,16,19H,3,5-6H2,(H,18,20);2*1H. The smallest absolute Gasteiger partial charge is 0.391 e. The number of amides is 1. The minimum Gasteiger partial charge on any atom is -0.391 e. The number of rotatable bonds is 3. The normalized spacial score (nSPS) is 20.7. The Morgan fingerprint density at radius 1 is 1.36 bits per heavy atom. The number of aliphatic hydroxyl groups is 1. The number of alkyl halides is 3. The van der Waals surface area contributed by atoms with Crippen molar-refractivity contribution in [3.05, 3.63) is 29.6 Å². The van der Waals surface area contributed by atoms with Crippen molar-refractivity contribution in [2.75, 3.05) is 19.6 Å². The summed E-state index contributed by atoms with van der Waals surface area (Å²) in [5.74, 6) is -0.605. The van der Waals surface area contributed by atoms with Gasteiger partial charge in [0.25, 0.3) is 5.91 Å². The molecule has 0 aromatic carbocycles. The Bertz CT molecular complexity index is 485. The molecule has 5 nitrogen and oxygen atoms in total. The van der Waals surface area contributed by atoms with Gasteiger partial charge in [0.15, 0.2) is 0 Å². The van der Waals surface area contributed by atoms with Gasteiger partial charge in [-0.1, -0.05) is 0 Å². The fourth-order valence-electron chi connectivity index (χ4n) is 1.95. The number of hydrogen-bond acceptors (Lipinski definition) is 4. The number of hydrogen-bond donors (Lipinski definition) is 3. The Kier molecular flexibility index (Phi) is 8.10. The van der Waals surface area contributed by atoms with Crippen LogP contribution in [0.25, 0.3) is 0 Å². The summed E-state index contributed by atoms with van der Waals surface area (Å²) in [6.45, 7) is 1.32. The molecule has 0 spiro atoms. The van der Waals surface area contributed by atoms with Gasteiger partial charge in [0.05, 0.1) is 11.7 Å². The number of β-amino-alcohol motifs (C(OH)–C–C–N with tert-alkyl or cyclic N) is 1. The van der Waals surface area contributed by atoms with Gasteiger partial charge in [-0.25, -0.2) is 0 Å². The highest BCUT2D eigenvalue weighted by Crippen LogP contribution is 2.27. The average molecular weight is 362 g/mol. The molecule has 0 bridgehead atoms. The summed E-state index contributed by atoms with van der Waals surface area (Å²) in [5, 5.41) is 15.1. The number of nitrogens with zero attached hydrogens (tertiary/aromatic N) is 1. The lowest BCUT2D eigenvalue weighted by atomic mass is 10.1. The van der Waals surface area contributed by atoms with Crippen molar-refractivity contribution in [1.82, 2.24) is 15.6 Å². The Hall–Kier alpha value is -1.09. The predicted octanol–water partition coefficient (Wildman–Crippen LogP) is 1.25. The summed E-state index contributed by atoms with van der Waals surface area (Å²) in [7, 11) is 0. The number of aromatic nitrogens is 1. The molecular weight excluding hydrogens is 346 g/mol. The molecule has 0 saturated carbocycles. The van der Waals surface area contributed by atoms with Crippen molar-refractivity contribution >= 4 is 30.7 Å². The van der Waals surface area contributed by atoms with E-state index >= 15 is 0 Å². The summed E-state index contributed by atoms with van der Waals surface area (Å²) in [5.41, 5.74) is -0.983. The second kappa shape index (κ2) is 8.52. The molecule has 1 amide bonds. The molecule has 3 N–H and O–H groups in total. The van der Waals surface area contributed by atoms with E-state index in [1.54, 1.807) is 0 Å². The molecule has 2 rings (SSSR count). The van der Waals surface area contributed by atoms with Crippen LogP contribution in [0.3, 0.4) is 0 Å². The molecule has 0 radical (unpaired) electrons. The average Bonchev–Trinajstić information content (AvgIpc) is 2.81. The molecule has 2 heterocycles. The maximum Gasteiger partial charge on any atom is 0.433 e. The van der Waals surface area contributed by atoms with Crippen LogP contribution in [0.4, 0.5) is 13.2 Å². The summed E-state index contributed by atoms with van der Waals surface area (Å²) in [4.78, 5) is 15.0. The van der Waals surface area contributed by atoms with Gasteiger partial charge in [-0.15, -0.1) is 24.8 Å². The first-order chi connectivity index (χ1) is 9.38. The molecule has 10 heteroatoms. The molecule has 0 aliphatic carbocycles. The SMILES string of the molecule is Cl.Cl.O=C(NCC1CNCC1O)c1ccc(C(F)(F)F)nc1. The minimum atomic E-state index is -4.52. The monoisotopic (exact) mass is 361 g/mol. The zero-order valence-electron chi connectivity index (χ0n) is 11.3. The van der Waals surface area contributed by atoms with Crippen molar-refractivity contribution in [2.45, 2.75) is 12.3 Å². The van der Waals surface area contributed by atoms with Crippen molar-refractivity contribution < 1.29 is 23.1 Å². The Labute approximate surface area is 137 Å². The van der Waals surface area contributed by atoms with E-state index in [2.05, 4.69) is 15.6 Å². The van der Waals surface area contributed by atoms with E-state index in [1.807, 2.05) is 0 Å². The number of halogens is 5. The maximum absolute atomic E-state index is 12.3. The second-order valence-corrected chi connectivity index (χ2v) is 4.63. The fourth-order valence-corrected chi connectivity index (χ4v) is 1.95. The molecule has 126 valence electrons. The molecule has 1 aromatic heterocycles.